The maximum atomic E-state index is 13.0. The SMILES string of the molecule is Cc1oc(-c2ccc(F)cc2)nc1CN(C)[C@@H](C)c1cccs1. The maximum absolute atomic E-state index is 13.0. The van der Waals surface area contributed by atoms with E-state index in [1.54, 1.807) is 23.5 Å². The first-order chi connectivity index (χ1) is 11.0. The Labute approximate surface area is 139 Å². The van der Waals surface area contributed by atoms with Crippen LogP contribution in [-0.2, 0) is 6.54 Å². The van der Waals surface area contributed by atoms with Gasteiger partial charge >= 0.3 is 0 Å². The van der Waals surface area contributed by atoms with Crippen molar-refractivity contribution in [3.63, 3.8) is 0 Å². The molecule has 0 amide bonds. The van der Waals surface area contributed by atoms with Crippen molar-refractivity contribution in [3.8, 4) is 11.5 Å². The number of rotatable bonds is 5. The lowest BCUT2D eigenvalue weighted by atomic mass is 10.2. The highest BCUT2D eigenvalue weighted by atomic mass is 32.1. The molecule has 3 aromatic rings. The third-order valence-corrected chi connectivity index (χ3v) is 5.04. The Balaban J connectivity index is 1.77. The molecule has 0 saturated carbocycles. The van der Waals surface area contributed by atoms with Crippen molar-refractivity contribution in [1.82, 2.24) is 9.88 Å². The number of hydrogen-bond donors (Lipinski definition) is 0. The molecule has 2 aromatic heterocycles. The second kappa shape index (κ2) is 6.64. The number of aryl methyl sites for hydroxylation is 1. The average molecular weight is 330 g/mol. The molecule has 1 atom stereocenters. The minimum absolute atomic E-state index is 0.262. The zero-order valence-corrected chi connectivity index (χ0v) is 14.2. The third-order valence-electron chi connectivity index (χ3n) is 4.00. The van der Waals surface area contributed by atoms with Crippen LogP contribution < -0.4 is 0 Å². The molecular formula is C18H19FN2OS. The van der Waals surface area contributed by atoms with Gasteiger partial charge in [0.2, 0.25) is 5.89 Å². The molecule has 0 fully saturated rings. The molecule has 23 heavy (non-hydrogen) atoms. The van der Waals surface area contributed by atoms with Crippen LogP contribution in [0.2, 0.25) is 0 Å². The van der Waals surface area contributed by atoms with Gasteiger partial charge in [-0.25, -0.2) is 9.37 Å². The second-order valence-corrected chi connectivity index (χ2v) is 6.61. The number of hydrogen-bond acceptors (Lipinski definition) is 4. The van der Waals surface area contributed by atoms with E-state index in [2.05, 4.69) is 41.4 Å². The van der Waals surface area contributed by atoms with Gasteiger partial charge in [-0.15, -0.1) is 11.3 Å². The van der Waals surface area contributed by atoms with Crippen LogP contribution in [0.5, 0.6) is 0 Å². The molecule has 0 aliphatic carbocycles. The van der Waals surface area contributed by atoms with Gasteiger partial charge in [0.05, 0.1) is 5.69 Å². The lowest BCUT2D eigenvalue weighted by Crippen LogP contribution is -2.21. The van der Waals surface area contributed by atoms with E-state index >= 15 is 0 Å². The van der Waals surface area contributed by atoms with E-state index < -0.39 is 0 Å². The molecule has 0 spiro atoms. The fraction of sp³-hybridized carbons (Fsp3) is 0.278. The Bertz CT molecular complexity index is 765. The fourth-order valence-corrected chi connectivity index (χ4v) is 3.26. The second-order valence-electron chi connectivity index (χ2n) is 5.64. The number of nitrogens with zero attached hydrogens (tertiary/aromatic N) is 2. The summed E-state index contributed by atoms with van der Waals surface area (Å²) in [5.74, 6) is 1.07. The first-order valence-corrected chi connectivity index (χ1v) is 8.38. The van der Waals surface area contributed by atoms with Crippen LogP contribution in [0.25, 0.3) is 11.5 Å². The van der Waals surface area contributed by atoms with Crippen LogP contribution in [0.1, 0.15) is 29.3 Å². The molecule has 3 rings (SSSR count). The molecule has 5 heteroatoms. The highest BCUT2D eigenvalue weighted by molar-refractivity contribution is 7.10. The number of aromatic nitrogens is 1. The van der Waals surface area contributed by atoms with E-state index in [-0.39, 0.29) is 5.82 Å². The number of oxazole rings is 1. The van der Waals surface area contributed by atoms with E-state index in [9.17, 15) is 4.39 Å². The summed E-state index contributed by atoms with van der Waals surface area (Å²) in [5.41, 5.74) is 1.70. The van der Waals surface area contributed by atoms with Crippen LogP contribution in [0.4, 0.5) is 4.39 Å². The van der Waals surface area contributed by atoms with Crippen LogP contribution >= 0.6 is 11.3 Å². The minimum Gasteiger partial charge on any atom is -0.441 e. The highest BCUT2D eigenvalue weighted by Crippen LogP contribution is 2.27. The van der Waals surface area contributed by atoms with Gasteiger partial charge in [0.1, 0.15) is 11.6 Å². The number of halogens is 1. The standard InChI is InChI=1S/C18H19FN2OS/c1-12(17-5-4-10-23-17)21(3)11-16-13(2)22-18(20-16)14-6-8-15(19)9-7-14/h4-10,12H,11H2,1-3H3/t12-/m0/s1. The molecule has 0 radical (unpaired) electrons. The largest absolute Gasteiger partial charge is 0.441 e. The predicted molar refractivity (Wildman–Crippen MR) is 90.8 cm³/mol. The van der Waals surface area contributed by atoms with Crippen molar-refractivity contribution in [1.29, 1.82) is 0 Å². The van der Waals surface area contributed by atoms with Crippen molar-refractivity contribution in [3.05, 3.63) is 63.9 Å². The van der Waals surface area contributed by atoms with Gasteiger partial charge in [-0.05, 0) is 56.6 Å². The zero-order valence-electron chi connectivity index (χ0n) is 13.4. The summed E-state index contributed by atoms with van der Waals surface area (Å²) in [6.45, 7) is 4.80. The van der Waals surface area contributed by atoms with Crippen LogP contribution in [0, 0.1) is 12.7 Å². The van der Waals surface area contributed by atoms with Gasteiger partial charge in [-0.1, -0.05) is 6.07 Å². The van der Waals surface area contributed by atoms with Gasteiger partial charge < -0.3 is 4.42 Å². The predicted octanol–water partition coefficient (Wildman–Crippen LogP) is 5.04. The van der Waals surface area contributed by atoms with Crippen molar-refractivity contribution in [2.24, 2.45) is 0 Å². The fourth-order valence-electron chi connectivity index (χ4n) is 2.41. The maximum Gasteiger partial charge on any atom is 0.226 e. The van der Waals surface area contributed by atoms with E-state index in [1.165, 1.54) is 17.0 Å². The van der Waals surface area contributed by atoms with Crippen molar-refractivity contribution in [2.75, 3.05) is 7.05 Å². The van der Waals surface area contributed by atoms with E-state index in [0.29, 0.717) is 18.5 Å². The molecule has 0 aliphatic heterocycles. The normalized spacial score (nSPS) is 12.7. The molecule has 3 nitrogen and oxygen atoms in total. The topological polar surface area (TPSA) is 29.3 Å². The molecular weight excluding hydrogens is 311 g/mol. The summed E-state index contributed by atoms with van der Waals surface area (Å²) in [6.07, 6.45) is 0. The summed E-state index contributed by atoms with van der Waals surface area (Å²) in [4.78, 5) is 8.15. The highest BCUT2D eigenvalue weighted by Gasteiger charge is 2.17. The van der Waals surface area contributed by atoms with Gasteiger partial charge in [-0.3, -0.25) is 4.90 Å². The summed E-state index contributed by atoms with van der Waals surface area (Å²) in [6, 6.07) is 10.7. The Morgan fingerprint density at radius 2 is 2.00 bits per heavy atom. The van der Waals surface area contributed by atoms with E-state index in [1.807, 2.05) is 6.92 Å². The molecule has 0 aliphatic rings. The lowest BCUT2D eigenvalue weighted by molar-refractivity contribution is 0.252. The third kappa shape index (κ3) is 3.51. The van der Waals surface area contributed by atoms with Gasteiger partial charge in [0.15, 0.2) is 0 Å². The summed E-state index contributed by atoms with van der Waals surface area (Å²) in [7, 11) is 2.08. The number of thiophene rings is 1. The molecule has 0 unspecified atom stereocenters. The van der Waals surface area contributed by atoms with Crippen molar-refractivity contribution >= 4 is 11.3 Å². The lowest BCUT2D eigenvalue weighted by Gasteiger charge is -2.22. The summed E-state index contributed by atoms with van der Waals surface area (Å²) < 4.78 is 18.8. The Hall–Kier alpha value is -1.98. The molecule has 1 aromatic carbocycles. The molecule has 0 bridgehead atoms. The average Bonchev–Trinajstić information content (AvgIpc) is 3.18. The van der Waals surface area contributed by atoms with Crippen LogP contribution in [0.3, 0.4) is 0 Å². The minimum atomic E-state index is -0.262. The number of benzene rings is 1. The smallest absolute Gasteiger partial charge is 0.226 e. The van der Waals surface area contributed by atoms with Gasteiger partial charge in [-0.2, -0.15) is 0 Å². The quantitative estimate of drug-likeness (QED) is 0.656. The Kier molecular flexibility index (Phi) is 4.59. The van der Waals surface area contributed by atoms with Gasteiger partial charge in [0, 0.05) is 23.0 Å². The van der Waals surface area contributed by atoms with Crippen molar-refractivity contribution in [2.45, 2.75) is 26.4 Å². The monoisotopic (exact) mass is 330 g/mol. The first-order valence-electron chi connectivity index (χ1n) is 7.50. The Morgan fingerprint density at radius 3 is 2.65 bits per heavy atom. The molecule has 0 N–H and O–H groups in total. The van der Waals surface area contributed by atoms with Crippen LogP contribution in [0.15, 0.2) is 46.2 Å². The first kappa shape index (κ1) is 15.9. The molecule has 120 valence electrons. The van der Waals surface area contributed by atoms with E-state index in [0.717, 1.165) is 17.0 Å². The summed E-state index contributed by atoms with van der Waals surface area (Å²) >= 11 is 1.76. The Morgan fingerprint density at radius 1 is 1.26 bits per heavy atom. The molecule has 0 saturated heterocycles. The zero-order chi connectivity index (χ0) is 16.4. The van der Waals surface area contributed by atoms with Crippen molar-refractivity contribution < 1.29 is 8.81 Å². The van der Waals surface area contributed by atoms with E-state index in [4.69, 9.17) is 4.42 Å². The van der Waals surface area contributed by atoms with Crippen LogP contribution in [-0.4, -0.2) is 16.9 Å². The van der Waals surface area contributed by atoms with Gasteiger partial charge in [0.25, 0.3) is 0 Å². The molecule has 2 heterocycles. The summed E-state index contributed by atoms with van der Waals surface area (Å²) in [5, 5.41) is 2.09.